The summed E-state index contributed by atoms with van der Waals surface area (Å²) in [4.78, 5) is 28.2. The normalized spacial score (nSPS) is 15.2. The summed E-state index contributed by atoms with van der Waals surface area (Å²) in [5, 5.41) is 0. The van der Waals surface area contributed by atoms with Gasteiger partial charge in [-0.2, -0.15) is 0 Å². The average molecular weight is 202 g/mol. The van der Waals surface area contributed by atoms with Crippen molar-refractivity contribution in [3.63, 3.8) is 0 Å². The first-order valence-corrected chi connectivity index (χ1v) is 4.60. The van der Waals surface area contributed by atoms with Crippen LogP contribution in [0.3, 0.4) is 0 Å². The third-order valence-electron chi connectivity index (χ3n) is 2.25. The molecule has 0 spiro atoms. The SMILES string of the molecule is Cc1ccc(N2C(=O)C=CC2=O)c(C)n1. The van der Waals surface area contributed by atoms with Gasteiger partial charge in [-0.05, 0) is 26.0 Å². The highest BCUT2D eigenvalue weighted by Crippen LogP contribution is 2.21. The first-order chi connectivity index (χ1) is 7.09. The van der Waals surface area contributed by atoms with Gasteiger partial charge in [-0.1, -0.05) is 0 Å². The van der Waals surface area contributed by atoms with Gasteiger partial charge in [0.15, 0.2) is 0 Å². The quantitative estimate of drug-likeness (QED) is 0.641. The van der Waals surface area contributed by atoms with E-state index in [0.717, 1.165) is 10.6 Å². The van der Waals surface area contributed by atoms with Crippen LogP contribution >= 0.6 is 0 Å². The van der Waals surface area contributed by atoms with Gasteiger partial charge in [-0.25, -0.2) is 4.90 Å². The third kappa shape index (κ3) is 1.54. The molecule has 2 amide bonds. The fraction of sp³-hybridized carbons (Fsp3) is 0.182. The van der Waals surface area contributed by atoms with Gasteiger partial charge >= 0.3 is 0 Å². The highest BCUT2D eigenvalue weighted by atomic mass is 16.2. The van der Waals surface area contributed by atoms with Crippen molar-refractivity contribution in [2.45, 2.75) is 13.8 Å². The lowest BCUT2D eigenvalue weighted by atomic mass is 10.2. The van der Waals surface area contributed by atoms with Gasteiger partial charge in [-0.3, -0.25) is 14.6 Å². The number of aromatic nitrogens is 1. The third-order valence-corrected chi connectivity index (χ3v) is 2.25. The molecule has 15 heavy (non-hydrogen) atoms. The number of hydrogen-bond donors (Lipinski definition) is 0. The van der Waals surface area contributed by atoms with Crippen LogP contribution in [0.2, 0.25) is 0 Å². The number of carbonyl (C=O) groups is 2. The van der Waals surface area contributed by atoms with Crippen molar-refractivity contribution in [3.05, 3.63) is 35.7 Å². The fourth-order valence-electron chi connectivity index (χ4n) is 1.55. The first-order valence-electron chi connectivity index (χ1n) is 4.60. The van der Waals surface area contributed by atoms with Gasteiger partial charge in [-0.15, -0.1) is 0 Å². The molecule has 2 rings (SSSR count). The molecule has 4 heteroatoms. The summed E-state index contributed by atoms with van der Waals surface area (Å²) < 4.78 is 0. The molecule has 4 nitrogen and oxygen atoms in total. The lowest BCUT2D eigenvalue weighted by Crippen LogP contribution is -2.30. The molecule has 0 saturated carbocycles. The molecule has 76 valence electrons. The second kappa shape index (κ2) is 3.31. The zero-order chi connectivity index (χ0) is 11.0. The predicted molar refractivity (Wildman–Crippen MR) is 55.3 cm³/mol. The van der Waals surface area contributed by atoms with E-state index in [0.29, 0.717) is 11.4 Å². The predicted octanol–water partition coefficient (Wildman–Crippen LogP) is 1.13. The molecular formula is C11H10N2O2. The maximum Gasteiger partial charge on any atom is 0.258 e. The lowest BCUT2D eigenvalue weighted by Gasteiger charge is -2.15. The minimum Gasteiger partial charge on any atom is -0.269 e. The Morgan fingerprint density at radius 3 is 2.20 bits per heavy atom. The molecule has 1 aliphatic rings. The number of hydrogen-bond acceptors (Lipinski definition) is 3. The van der Waals surface area contributed by atoms with Crippen molar-refractivity contribution in [1.82, 2.24) is 4.98 Å². The molecule has 1 aliphatic heterocycles. The van der Waals surface area contributed by atoms with E-state index in [4.69, 9.17) is 0 Å². The number of rotatable bonds is 1. The number of amides is 2. The summed E-state index contributed by atoms with van der Waals surface area (Å²) in [6, 6.07) is 3.52. The summed E-state index contributed by atoms with van der Waals surface area (Å²) in [5.41, 5.74) is 2.10. The van der Waals surface area contributed by atoms with Crippen LogP contribution in [0.15, 0.2) is 24.3 Å². The maximum atomic E-state index is 11.4. The Morgan fingerprint density at radius 1 is 1.07 bits per heavy atom. The van der Waals surface area contributed by atoms with E-state index in [9.17, 15) is 9.59 Å². The van der Waals surface area contributed by atoms with E-state index < -0.39 is 0 Å². The zero-order valence-electron chi connectivity index (χ0n) is 8.52. The van der Waals surface area contributed by atoms with Crippen LogP contribution in [0.1, 0.15) is 11.4 Å². The summed E-state index contributed by atoms with van der Waals surface area (Å²) in [6.07, 6.45) is 2.53. The second-order valence-electron chi connectivity index (χ2n) is 3.40. The number of carbonyl (C=O) groups excluding carboxylic acids is 2. The van der Waals surface area contributed by atoms with Gasteiger partial charge in [0.25, 0.3) is 11.8 Å². The van der Waals surface area contributed by atoms with Crippen LogP contribution in [-0.4, -0.2) is 16.8 Å². The molecule has 0 bridgehead atoms. The van der Waals surface area contributed by atoms with E-state index in [1.165, 1.54) is 12.2 Å². The number of nitrogens with zero attached hydrogens (tertiary/aromatic N) is 2. The van der Waals surface area contributed by atoms with Crippen LogP contribution < -0.4 is 4.90 Å². The van der Waals surface area contributed by atoms with Crippen molar-refractivity contribution in [2.24, 2.45) is 0 Å². The number of pyridine rings is 1. The minimum atomic E-state index is -0.311. The summed E-state index contributed by atoms with van der Waals surface area (Å²) >= 11 is 0. The van der Waals surface area contributed by atoms with Crippen molar-refractivity contribution in [2.75, 3.05) is 4.90 Å². The second-order valence-corrected chi connectivity index (χ2v) is 3.40. The van der Waals surface area contributed by atoms with Gasteiger partial charge in [0.05, 0.1) is 11.4 Å². The number of anilines is 1. The smallest absolute Gasteiger partial charge is 0.258 e. The van der Waals surface area contributed by atoms with Crippen molar-refractivity contribution >= 4 is 17.5 Å². The molecule has 0 aliphatic carbocycles. The topological polar surface area (TPSA) is 50.3 Å². The van der Waals surface area contributed by atoms with E-state index in [2.05, 4.69) is 4.98 Å². The van der Waals surface area contributed by atoms with E-state index >= 15 is 0 Å². The van der Waals surface area contributed by atoms with Crippen LogP contribution in [0, 0.1) is 13.8 Å². The fourth-order valence-corrected chi connectivity index (χ4v) is 1.55. The highest BCUT2D eigenvalue weighted by Gasteiger charge is 2.26. The maximum absolute atomic E-state index is 11.4. The average Bonchev–Trinajstić information content (AvgIpc) is 2.48. The molecule has 0 saturated heterocycles. The van der Waals surface area contributed by atoms with Crippen molar-refractivity contribution < 1.29 is 9.59 Å². The largest absolute Gasteiger partial charge is 0.269 e. The summed E-state index contributed by atoms with van der Waals surface area (Å²) in [5.74, 6) is -0.623. The summed E-state index contributed by atoms with van der Waals surface area (Å²) in [6.45, 7) is 3.64. The number of imide groups is 1. The van der Waals surface area contributed by atoms with Gasteiger partial charge in [0.1, 0.15) is 0 Å². The molecule has 1 aromatic rings. The van der Waals surface area contributed by atoms with Crippen LogP contribution in [-0.2, 0) is 9.59 Å². The lowest BCUT2D eigenvalue weighted by molar-refractivity contribution is -0.120. The molecule has 0 N–H and O–H groups in total. The Hall–Kier alpha value is -1.97. The Balaban J connectivity index is 2.46. The molecule has 0 atom stereocenters. The zero-order valence-corrected chi connectivity index (χ0v) is 8.52. The first kappa shape index (κ1) is 9.58. The number of aryl methyl sites for hydroxylation is 2. The van der Waals surface area contributed by atoms with Crippen molar-refractivity contribution in [1.29, 1.82) is 0 Å². The summed E-state index contributed by atoms with van der Waals surface area (Å²) in [7, 11) is 0. The van der Waals surface area contributed by atoms with Crippen molar-refractivity contribution in [3.8, 4) is 0 Å². The standard InChI is InChI=1S/C11H10N2O2/c1-7-3-4-9(8(2)12-7)13-10(14)5-6-11(13)15/h3-6H,1-2H3. The van der Waals surface area contributed by atoms with Crippen LogP contribution in [0.4, 0.5) is 5.69 Å². The molecule has 0 aromatic carbocycles. The van der Waals surface area contributed by atoms with E-state index in [-0.39, 0.29) is 11.8 Å². The van der Waals surface area contributed by atoms with Gasteiger partial charge in [0, 0.05) is 17.8 Å². The Bertz CT molecular complexity index is 459. The molecule has 1 aromatic heterocycles. The molecule has 0 unspecified atom stereocenters. The molecular weight excluding hydrogens is 192 g/mol. The van der Waals surface area contributed by atoms with Crippen LogP contribution in [0.25, 0.3) is 0 Å². The monoisotopic (exact) mass is 202 g/mol. The highest BCUT2D eigenvalue weighted by molar-refractivity contribution is 6.28. The minimum absolute atomic E-state index is 0.311. The Kier molecular flexibility index (Phi) is 2.11. The molecule has 0 radical (unpaired) electrons. The molecule has 2 heterocycles. The van der Waals surface area contributed by atoms with E-state index in [1.807, 2.05) is 6.92 Å². The van der Waals surface area contributed by atoms with Gasteiger partial charge in [0.2, 0.25) is 0 Å². The molecule has 0 fully saturated rings. The van der Waals surface area contributed by atoms with E-state index in [1.54, 1.807) is 19.1 Å². The Morgan fingerprint density at radius 2 is 1.67 bits per heavy atom. The van der Waals surface area contributed by atoms with Gasteiger partial charge < -0.3 is 0 Å². The van der Waals surface area contributed by atoms with Crippen LogP contribution in [0.5, 0.6) is 0 Å². The Labute approximate surface area is 87.2 Å².